The predicted octanol–water partition coefficient (Wildman–Crippen LogP) is 4.15. The molecule has 3 aromatic rings. The van der Waals surface area contributed by atoms with Crippen LogP contribution in [0.4, 0.5) is 5.69 Å². The van der Waals surface area contributed by atoms with Gasteiger partial charge in [-0.05, 0) is 49.7 Å². The number of carbonyl (C=O) groups is 1. The van der Waals surface area contributed by atoms with E-state index in [2.05, 4.69) is 21.4 Å². The molecule has 3 heterocycles. The predicted molar refractivity (Wildman–Crippen MR) is 113 cm³/mol. The third-order valence-electron chi connectivity index (χ3n) is 5.04. The molecule has 0 saturated carbocycles. The maximum atomic E-state index is 12.0. The van der Waals surface area contributed by atoms with Gasteiger partial charge in [-0.3, -0.25) is 9.48 Å². The molecule has 0 bridgehead atoms. The fourth-order valence-electron chi connectivity index (χ4n) is 3.41. The van der Waals surface area contributed by atoms with Gasteiger partial charge in [-0.1, -0.05) is 25.4 Å². The highest BCUT2D eigenvalue weighted by Gasteiger charge is 2.16. The average molecular weight is 398 g/mol. The molecule has 0 aliphatic carbocycles. The smallest absolute Gasteiger partial charge is 0.226 e. The molecule has 4 rings (SSSR count). The van der Waals surface area contributed by atoms with Gasteiger partial charge < -0.3 is 10.6 Å². The quantitative estimate of drug-likeness (QED) is 0.696. The van der Waals surface area contributed by atoms with Crippen molar-refractivity contribution in [3.05, 3.63) is 40.5 Å². The van der Waals surface area contributed by atoms with E-state index in [0.717, 1.165) is 53.9 Å². The van der Waals surface area contributed by atoms with Gasteiger partial charge in [0, 0.05) is 24.4 Å². The van der Waals surface area contributed by atoms with Crippen LogP contribution in [0.15, 0.2) is 24.3 Å². The number of nitrogens with zero attached hydrogens (tertiary/aromatic N) is 3. The molecule has 0 radical (unpaired) electrons. The fraction of sp³-hybridized carbons (Fsp3) is 0.381. The molecular weight excluding hydrogens is 374 g/mol. The Morgan fingerprint density at radius 3 is 2.86 bits per heavy atom. The second-order valence-corrected chi connectivity index (χ2v) is 8.00. The highest BCUT2D eigenvalue weighted by atomic mass is 35.5. The molecule has 2 aromatic heterocycles. The topological polar surface area (TPSA) is 71.8 Å². The van der Waals surface area contributed by atoms with Crippen LogP contribution in [0, 0.1) is 12.8 Å². The zero-order valence-corrected chi connectivity index (χ0v) is 17.1. The van der Waals surface area contributed by atoms with Crippen molar-refractivity contribution in [2.75, 3.05) is 11.9 Å². The molecule has 0 atom stereocenters. The van der Waals surface area contributed by atoms with Gasteiger partial charge in [0.2, 0.25) is 5.91 Å². The van der Waals surface area contributed by atoms with E-state index < -0.39 is 0 Å². The van der Waals surface area contributed by atoms with Gasteiger partial charge >= 0.3 is 0 Å². The number of nitrogens with one attached hydrogen (secondary N) is 2. The van der Waals surface area contributed by atoms with Crippen molar-refractivity contribution in [1.29, 1.82) is 0 Å². The number of rotatable bonds is 3. The monoisotopic (exact) mass is 397 g/mol. The van der Waals surface area contributed by atoms with Crippen molar-refractivity contribution >= 4 is 34.1 Å². The summed E-state index contributed by atoms with van der Waals surface area (Å²) in [4.78, 5) is 16.8. The molecule has 0 fully saturated rings. The largest absolute Gasteiger partial charge is 0.325 e. The highest BCUT2D eigenvalue weighted by molar-refractivity contribution is 6.34. The van der Waals surface area contributed by atoms with Crippen molar-refractivity contribution in [3.63, 3.8) is 0 Å². The Balaban J connectivity index is 1.74. The normalized spacial score (nSPS) is 14.2. The lowest BCUT2D eigenvalue weighted by molar-refractivity contribution is -0.118. The number of aryl methyl sites for hydroxylation is 2. The summed E-state index contributed by atoms with van der Waals surface area (Å²) < 4.78 is 2.06. The molecule has 0 saturated heterocycles. The van der Waals surface area contributed by atoms with E-state index in [1.165, 1.54) is 5.69 Å². The zero-order valence-electron chi connectivity index (χ0n) is 16.3. The number of benzene rings is 1. The summed E-state index contributed by atoms with van der Waals surface area (Å²) >= 11 is 6.42. The summed E-state index contributed by atoms with van der Waals surface area (Å²) in [5, 5.41) is 12.5. The van der Waals surface area contributed by atoms with Crippen LogP contribution in [0.2, 0.25) is 5.02 Å². The van der Waals surface area contributed by atoms with Gasteiger partial charge in [-0.15, -0.1) is 0 Å². The minimum absolute atomic E-state index is 0.0587. The summed E-state index contributed by atoms with van der Waals surface area (Å²) in [6.45, 7) is 8.50. The van der Waals surface area contributed by atoms with Gasteiger partial charge in [0.05, 0.1) is 27.6 Å². The molecule has 1 aliphatic heterocycles. The van der Waals surface area contributed by atoms with Gasteiger partial charge in [-0.25, -0.2) is 4.98 Å². The molecule has 6 nitrogen and oxygen atoms in total. The van der Waals surface area contributed by atoms with Crippen LogP contribution in [-0.2, 0) is 17.9 Å². The van der Waals surface area contributed by atoms with E-state index in [1.54, 1.807) is 0 Å². The lowest BCUT2D eigenvalue weighted by Crippen LogP contribution is -2.18. The van der Waals surface area contributed by atoms with E-state index in [9.17, 15) is 4.79 Å². The number of pyridine rings is 1. The number of fused-ring (bicyclic) bond motifs is 2. The van der Waals surface area contributed by atoms with Crippen LogP contribution in [0.3, 0.4) is 0 Å². The van der Waals surface area contributed by atoms with Gasteiger partial charge in [0.25, 0.3) is 0 Å². The summed E-state index contributed by atoms with van der Waals surface area (Å²) in [6, 6.07) is 7.85. The van der Waals surface area contributed by atoms with Crippen LogP contribution in [-0.4, -0.2) is 27.2 Å². The Labute approximate surface area is 169 Å². The Hall–Kier alpha value is -2.44. The first kappa shape index (κ1) is 18.9. The molecule has 2 N–H and O–H groups in total. The first-order valence-corrected chi connectivity index (χ1v) is 10.00. The SMILES string of the molecule is Cc1cc(-c2cc3n(n2)CCCNC3)nc2cc(Cl)c(NC(=O)C(C)C)cc12. The lowest BCUT2D eigenvalue weighted by Gasteiger charge is -2.12. The molecule has 146 valence electrons. The van der Waals surface area contributed by atoms with Crippen molar-refractivity contribution in [2.45, 2.75) is 40.3 Å². The average Bonchev–Trinajstić information content (AvgIpc) is 2.93. The van der Waals surface area contributed by atoms with E-state index in [4.69, 9.17) is 21.7 Å². The van der Waals surface area contributed by atoms with Crippen LogP contribution < -0.4 is 10.6 Å². The number of hydrogen-bond acceptors (Lipinski definition) is 4. The number of anilines is 1. The van der Waals surface area contributed by atoms with Crippen molar-refractivity contribution in [2.24, 2.45) is 5.92 Å². The molecular formula is C21H24ClN5O. The number of halogens is 1. The standard InChI is InChI=1S/C21H24ClN5O/c1-12(2)21(28)25-18-9-15-13(3)7-19(24-17(15)10-16(18)22)20-8-14-11-23-5-4-6-27(14)26-20/h7-10,12,23H,4-6,11H2,1-3H3,(H,25,28). The molecule has 1 aromatic carbocycles. The third kappa shape index (κ3) is 3.62. The molecule has 0 unspecified atom stereocenters. The van der Waals surface area contributed by atoms with Crippen LogP contribution in [0.1, 0.15) is 31.5 Å². The van der Waals surface area contributed by atoms with E-state index in [1.807, 2.05) is 39.0 Å². The van der Waals surface area contributed by atoms with Crippen molar-refractivity contribution in [3.8, 4) is 11.4 Å². The summed E-state index contributed by atoms with van der Waals surface area (Å²) in [6.07, 6.45) is 1.07. The first-order chi connectivity index (χ1) is 13.4. The minimum Gasteiger partial charge on any atom is -0.325 e. The highest BCUT2D eigenvalue weighted by Crippen LogP contribution is 2.31. The second-order valence-electron chi connectivity index (χ2n) is 7.59. The van der Waals surface area contributed by atoms with E-state index in [-0.39, 0.29) is 11.8 Å². The van der Waals surface area contributed by atoms with E-state index in [0.29, 0.717) is 10.7 Å². The second kappa shape index (κ2) is 7.53. The van der Waals surface area contributed by atoms with E-state index >= 15 is 0 Å². The molecule has 7 heteroatoms. The van der Waals surface area contributed by atoms with Gasteiger partial charge in [0.1, 0.15) is 5.69 Å². The molecule has 0 spiro atoms. The number of hydrogen-bond donors (Lipinski definition) is 2. The van der Waals surface area contributed by atoms with Gasteiger partial charge in [0.15, 0.2) is 0 Å². The summed E-state index contributed by atoms with van der Waals surface area (Å²) in [5.74, 6) is -0.171. The molecule has 28 heavy (non-hydrogen) atoms. The third-order valence-corrected chi connectivity index (χ3v) is 5.35. The Kier molecular flexibility index (Phi) is 5.08. The lowest BCUT2D eigenvalue weighted by atomic mass is 10.1. The van der Waals surface area contributed by atoms with Gasteiger partial charge in [-0.2, -0.15) is 5.10 Å². The van der Waals surface area contributed by atoms with Crippen LogP contribution in [0.25, 0.3) is 22.3 Å². The maximum absolute atomic E-state index is 12.0. The van der Waals surface area contributed by atoms with Crippen molar-refractivity contribution in [1.82, 2.24) is 20.1 Å². The Bertz CT molecular complexity index is 1030. The molecule has 1 amide bonds. The number of aromatic nitrogens is 3. The number of carbonyl (C=O) groups excluding carboxylic acids is 1. The van der Waals surface area contributed by atoms with Crippen molar-refractivity contribution < 1.29 is 4.79 Å². The molecule has 1 aliphatic rings. The summed E-state index contributed by atoms with van der Waals surface area (Å²) in [7, 11) is 0. The first-order valence-electron chi connectivity index (χ1n) is 9.62. The fourth-order valence-corrected chi connectivity index (χ4v) is 3.61. The van der Waals surface area contributed by atoms with Crippen LogP contribution >= 0.6 is 11.6 Å². The number of amides is 1. The summed E-state index contributed by atoms with van der Waals surface area (Å²) in [5.41, 5.74) is 5.36. The maximum Gasteiger partial charge on any atom is 0.226 e. The van der Waals surface area contributed by atoms with Crippen LogP contribution in [0.5, 0.6) is 0 Å². The minimum atomic E-state index is -0.112. The Morgan fingerprint density at radius 1 is 1.25 bits per heavy atom. The Morgan fingerprint density at radius 2 is 2.07 bits per heavy atom. The zero-order chi connectivity index (χ0) is 19.8.